The van der Waals surface area contributed by atoms with Crippen molar-refractivity contribution in [3.63, 3.8) is 0 Å². The molecule has 0 atom stereocenters. The molecule has 0 saturated heterocycles. The highest BCUT2D eigenvalue weighted by atomic mass is 32.2. The number of aliphatic imine (C=N–C) groups is 1. The second-order valence-electron chi connectivity index (χ2n) is 3.70. The molecule has 1 aromatic heterocycles. The number of hydrogen-bond donors (Lipinski definition) is 6. The number of aliphatic carboxylic acids is 2. The summed E-state index contributed by atoms with van der Waals surface area (Å²) >= 11 is 2.77. The highest BCUT2D eigenvalue weighted by molar-refractivity contribution is 7.98. The largest absolute Gasteiger partial charge is 0.473 e. The Balaban J connectivity index is 0.000000754. The Bertz CT molecular complexity index is 576. The molecule has 0 aliphatic carbocycles. The lowest BCUT2D eigenvalue weighted by Gasteiger charge is -2.02. The van der Waals surface area contributed by atoms with Gasteiger partial charge in [0.05, 0.1) is 5.75 Å². The SMILES string of the molecule is CNC(=O)NCCSCc1nsc(N=C(N)N)n1.O=C(O)C(=O)O. The molecule has 0 saturated carbocycles. The molecule has 0 unspecified atom stereocenters. The zero-order chi connectivity index (χ0) is 18.5. The predicted octanol–water partition coefficient (Wildman–Crippen LogP) is -1.24. The maximum Gasteiger partial charge on any atom is 0.414 e. The molecule has 0 aliphatic rings. The van der Waals surface area contributed by atoms with Gasteiger partial charge in [-0.1, -0.05) is 0 Å². The van der Waals surface area contributed by atoms with Crippen LogP contribution >= 0.6 is 23.3 Å². The molecule has 14 heteroatoms. The fourth-order valence-corrected chi connectivity index (χ4v) is 2.32. The summed E-state index contributed by atoms with van der Waals surface area (Å²) in [5.74, 6) is -1.55. The monoisotopic (exact) mass is 379 g/mol. The number of hydrogen-bond acceptors (Lipinski definition) is 8. The van der Waals surface area contributed by atoms with Crippen molar-refractivity contribution in [1.29, 1.82) is 0 Å². The van der Waals surface area contributed by atoms with E-state index in [4.69, 9.17) is 31.3 Å². The van der Waals surface area contributed by atoms with Gasteiger partial charge in [-0.3, -0.25) is 0 Å². The maximum absolute atomic E-state index is 10.9. The van der Waals surface area contributed by atoms with Crippen LogP contribution in [-0.4, -0.2) is 62.8 Å². The number of thioether (sulfide) groups is 1. The van der Waals surface area contributed by atoms with Crippen LogP contribution in [0.1, 0.15) is 5.82 Å². The third-order valence-electron chi connectivity index (χ3n) is 1.86. The van der Waals surface area contributed by atoms with E-state index in [2.05, 4.69) is 25.0 Å². The van der Waals surface area contributed by atoms with Gasteiger partial charge in [-0.15, -0.1) is 0 Å². The van der Waals surface area contributed by atoms with E-state index in [9.17, 15) is 4.79 Å². The van der Waals surface area contributed by atoms with Crippen LogP contribution in [0.15, 0.2) is 4.99 Å². The van der Waals surface area contributed by atoms with Crippen LogP contribution in [0.25, 0.3) is 0 Å². The fraction of sp³-hybridized carbons (Fsp3) is 0.400. The lowest BCUT2D eigenvalue weighted by Crippen LogP contribution is -2.34. The molecule has 2 amide bonds. The molecule has 0 bridgehead atoms. The minimum Gasteiger partial charge on any atom is -0.473 e. The van der Waals surface area contributed by atoms with Crippen molar-refractivity contribution >= 4 is 52.4 Å². The molecule has 0 aliphatic heterocycles. The molecule has 0 aromatic carbocycles. The molecule has 0 spiro atoms. The molecule has 0 radical (unpaired) electrons. The number of guanidine groups is 1. The van der Waals surface area contributed by atoms with E-state index in [0.717, 1.165) is 17.3 Å². The molecular formula is C10H17N7O5S2. The van der Waals surface area contributed by atoms with E-state index in [1.807, 2.05) is 0 Å². The van der Waals surface area contributed by atoms with Crippen molar-refractivity contribution in [2.75, 3.05) is 19.3 Å². The van der Waals surface area contributed by atoms with Crippen LogP contribution in [-0.2, 0) is 15.3 Å². The minimum absolute atomic E-state index is 0.0277. The lowest BCUT2D eigenvalue weighted by molar-refractivity contribution is -0.159. The summed E-state index contributed by atoms with van der Waals surface area (Å²) < 4.78 is 4.11. The number of urea groups is 1. The summed E-state index contributed by atoms with van der Waals surface area (Å²) in [6.07, 6.45) is 0. The van der Waals surface area contributed by atoms with E-state index in [-0.39, 0.29) is 12.0 Å². The molecule has 1 aromatic rings. The normalized spacial score (nSPS) is 9.21. The summed E-state index contributed by atoms with van der Waals surface area (Å²) in [6, 6.07) is -0.183. The third kappa shape index (κ3) is 11.0. The summed E-state index contributed by atoms with van der Waals surface area (Å²) in [6.45, 7) is 0.592. The summed E-state index contributed by atoms with van der Waals surface area (Å²) in [4.78, 5) is 37.0. The standard InChI is InChI=1S/C8H15N7OS2.C2H2O4/c1-11-7(16)12-2-3-17-4-5-13-8(18-15-5)14-6(9)10;3-1(4)2(5)6/h2-4H2,1H3,(H2,11,12,16)(H4,9,10,13,14,15);(H,3,4)(H,5,6). The van der Waals surface area contributed by atoms with Gasteiger partial charge in [0.15, 0.2) is 11.8 Å². The second kappa shape index (κ2) is 11.9. The summed E-state index contributed by atoms with van der Waals surface area (Å²) in [5.41, 5.74) is 10.5. The van der Waals surface area contributed by atoms with Crippen molar-refractivity contribution in [2.24, 2.45) is 16.5 Å². The number of amides is 2. The highest BCUT2D eigenvalue weighted by Gasteiger charge is 2.04. The Hall–Kier alpha value is -2.61. The number of carbonyl (C=O) groups excluding carboxylic acids is 1. The van der Waals surface area contributed by atoms with Gasteiger partial charge in [-0.05, 0) is 0 Å². The number of nitrogens with two attached hydrogens (primary N) is 2. The van der Waals surface area contributed by atoms with Crippen LogP contribution < -0.4 is 22.1 Å². The first-order valence-electron chi connectivity index (χ1n) is 6.18. The number of aromatic nitrogens is 2. The van der Waals surface area contributed by atoms with Gasteiger partial charge in [0.1, 0.15) is 0 Å². The third-order valence-corrected chi connectivity index (χ3v) is 3.46. The Morgan fingerprint density at radius 2 is 1.92 bits per heavy atom. The van der Waals surface area contributed by atoms with Crippen molar-refractivity contribution in [2.45, 2.75) is 5.75 Å². The maximum atomic E-state index is 10.9. The summed E-state index contributed by atoms with van der Waals surface area (Å²) in [7, 11) is 1.58. The van der Waals surface area contributed by atoms with E-state index in [1.54, 1.807) is 18.8 Å². The average Bonchev–Trinajstić information content (AvgIpc) is 2.93. The number of carboxylic acid groups (broad SMARTS) is 2. The second-order valence-corrected chi connectivity index (χ2v) is 5.53. The molecule has 0 fully saturated rings. The van der Waals surface area contributed by atoms with E-state index in [1.165, 1.54) is 0 Å². The zero-order valence-electron chi connectivity index (χ0n) is 12.6. The van der Waals surface area contributed by atoms with Crippen molar-refractivity contribution in [1.82, 2.24) is 20.0 Å². The fourth-order valence-electron chi connectivity index (χ4n) is 0.948. The van der Waals surface area contributed by atoms with Crippen molar-refractivity contribution < 1.29 is 24.6 Å². The molecule has 1 heterocycles. The summed E-state index contributed by atoms with van der Waals surface area (Å²) in [5, 5.41) is 20.4. The zero-order valence-corrected chi connectivity index (χ0v) is 14.2. The van der Waals surface area contributed by atoms with E-state index in [0.29, 0.717) is 23.3 Å². The van der Waals surface area contributed by atoms with Gasteiger partial charge >= 0.3 is 18.0 Å². The number of carbonyl (C=O) groups is 3. The first-order chi connectivity index (χ1) is 11.3. The quantitative estimate of drug-likeness (QED) is 0.150. The average molecular weight is 379 g/mol. The van der Waals surface area contributed by atoms with Crippen molar-refractivity contribution in [3.8, 4) is 0 Å². The Morgan fingerprint density at radius 3 is 2.42 bits per heavy atom. The molecule has 24 heavy (non-hydrogen) atoms. The molecule has 12 nitrogen and oxygen atoms in total. The van der Waals surface area contributed by atoms with Crippen LogP contribution in [0.5, 0.6) is 0 Å². The van der Waals surface area contributed by atoms with E-state index < -0.39 is 11.9 Å². The van der Waals surface area contributed by atoms with Gasteiger partial charge < -0.3 is 32.3 Å². The van der Waals surface area contributed by atoms with Gasteiger partial charge in [-0.25, -0.2) is 19.4 Å². The topological polar surface area (TPSA) is 206 Å². The lowest BCUT2D eigenvalue weighted by atomic mass is 10.7. The highest BCUT2D eigenvalue weighted by Crippen LogP contribution is 2.17. The number of nitrogens with one attached hydrogen (secondary N) is 2. The Labute approximate surface area is 144 Å². The first-order valence-corrected chi connectivity index (χ1v) is 8.10. The molecule has 1 rings (SSSR count). The van der Waals surface area contributed by atoms with Crippen LogP contribution in [0.4, 0.5) is 9.93 Å². The van der Waals surface area contributed by atoms with Gasteiger partial charge in [0.25, 0.3) is 0 Å². The van der Waals surface area contributed by atoms with Crippen LogP contribution in [0, 0.1) is 0 Å². The minimum atomic E-state index is -1.82. The first kappa shape index (κ1) is 21.4. The van der Waals surface area contributed by atoms with Crippen LogP contribution in [0.3, 0.4) is 0 Å². The number of rotatable bonds is 6. The molecule has 134 valence electrons. The Morgan fingerprint density at radius 1 is 1.29 bits per heavy atom. The molecule has 8 N–H and O–H groups in total. The number of carboxylic acids is 2. The van der Waals surface area contributed by atoms with Gasteiger partial charge in [-0.2, -0.15) is 21.1 Å². The van der Waals surface area contributed by atoms with Crippen LogP contribution in [0.2, 0.25) is 0 Å². The smallest absolute Gasteiger partial charge is 0.414 e. The van der Waals surface area contributed by atoms with E-state index >= 15 is 0 Å². The predicted molar refractivity (Wildman–Crippen MR) is 89.3 cm³/mol. The molecular weight excluding hydrogens is 362 g/mol. The number of nitrogens with zero attached hydrogens (tertiary/aromatic N) is 3. The Kier molecular flexibility index (Phi) is 10.6. The van der Waals surface area contributed by atoms with Gasteiger partial charge in [0, 0.05) is 30.9 Å². The van der Waals surface area contributed by atoms with Gasteiger partial charge in [0.2, 0.25) is 5.13 Å². The van der Waals surface area contributed by atoms with Crippen molar-refractivity contribution in [3.05, 3.63) is 5.82 Å².